The monoisotopic (exact) mass is 382 g/mol. The Hall–Kier alpha value is -1.48. The van der Waals surface area contributed by atoms with Crippen LogP contribution >= 0.6 is 0 Å². The number of benzene rings is 1. The molecule has 1 aromatic rings. The Kier molecular flexibility index (Phi) is 6.29. The summed E-state index contributed by atoms with van der Waals surface area (Å²) in [7, 11) is -1.78. The fraction of sp³-hybridized carbons (Fsp3) is 0.611. The molecule has 7 nitrogen and oxygen atoms in total. The molecule has 8 heteroatoms. The summed E-state index contributed by atoms with van der Waals surface area (Å²) in [6.07, 6.45) is 1.29. The van der Waals surface area contributed by atoms with Crippen LogP contribution in [0, 0.1) is 0 Å². The third kappa shape index (κ3) is 4.25. The lowest BCUT2D eigenvalue weighted by Gasteiger charge is -2.36. The number of hydrogen-bond donors (Lipinski definition) is 0. The van der Waals surface area contributed by atoms with Gasteiger partial charge in [0.1, 0.15) is 0 Å². The van der Waals surface area contributed by atoms with E-state index in [-0.39, 0.29) is 12.5 Å². The molecule has 2 fully saturated rings. The van der Waals surface area contributed by atoms with E-state index in [0.717, 1.165) is 5.56 Å². The summed E-state index contributed by atoms with van der Waals surface area (Å²) >= 11 is 0. The minimum Gasteiger partial charge on any atom is -0.380 e. The van der Waals surface area contributed by atoms with Gasteiger partial charge in [-0.05, 0) is 30.5 Å². The van der Waals surface area contributed by atoms with E-state index in [2.05, 4.69) is 0 Å². The Morgan fingerprint density at radius 3 is 2.54 bits per heavy atom. The van der Waals surface area contributed by atoms with Crippen molar-refractivity contribution in [2.45, 2.75) is 24.7 Å². The summed E-state index contributed by atoms with van der Waals surface area (Å²) in [6, 6.07) is 7.28. The first-order valence-corrected chi connectivity index (χ1v) is 10.5. The predicted octanol–water partition coefficient (Wildman–Crippen LogP) is 1.10. The zero-order valence-corrected chi connectivity index (χ0v) is 15.9. The van der Waals surface area contributed by atoms with Crippen molar-refractivity contribution in [3.05, 3.63) is 35.4 Å². The summed E-state index contributed by atoms with van der Waals surface area (Å²) in [6.45, 7) is 3.00. The number of methoxy groups -OCH3 is 1. The van der Waals surface area contributed by atoms with E-state index < -0.39 is 15.3 Å². The van der Waals surface area contributed by atoms with Gasteiger partial charge in [0.15, 0.2) is 0 Å². The minimum atomic E-state index is -3.40. The van der Waals surface area contributed by atoms with Crippen molar-refractivity contribution in [2.24, 2.45) is 0 Å². The lowest BCUT2D eigenvalue weighted by Crippen LogP contribution is -2.51. The maximum atomic E-state index is 12.9. The molecule has 1 amide bonds. The quantitative estimate of drug-likeness (QED) is 0.762. The number of hydrogen-bond acceptors (Lipinski definition) is 5. The van der Waals surface area contributed by atoms with Crippen LogP contribution in [0.5, 0.6) is 0 Å². The number of ether oxygens (including phenoxy) is 2. The molecular weight excluding hydrogens is 356 g/mol. The normalized spacial score (nSPS) is 22.3. The second-order valence-electron chi connectivity index (χ2n) is 6.70. The number of carbonyl (C=O) groups excluding carboxylic acids is 1. The molecule has 0 unspecified atom stereocenters. The maximum Gasteiger partial charge on any atom is 0.253 e. The number of piperidine rings is 1. The zero-order chi connectivity index (χ0) is 18.6. The summed E-state index contributed by atoms with van der Waals surface area (Å²) in [5.41, 5.74) is 1.57. The van der Waals surface area contributed by atoms with Crippen molar-refractivity contribution >= 4 is 15.9 Å². The Labute approximate surface area is 154 Å². The summed E-state index contributed by atoms with van der Waals surface area (Å²) in [4.78, 5) is 14.4. The fourth-order valence-electron chi connectivity index (χ4n) is 3.47. The van der Waals surface area contributed by atoms with Gasteiger partial charge < -0.3 is 14.4 Å². The molecule has 0 bridgehead atoms. The van der Waals surface area contributed by atoms with Gasteiger partial charge in [-0.1, -0.05) is 12.1 Å². The van der Waals surface area contributed by atoms with Gasteiger partial charge in [0.2, 0.25) is 10.0 Å². The molecule has 2 aliphatic rings. The molecule has 2 aliphatic heterocycles. The minimum absolute atomic E-state index is 0.115. The number of nitrogens with zero attached hydrogens (tertiary/aromatic N) is 2. The van der Waals surface area contributed by atoms with Gasteiger partial charge >= 0.3 is 0 Å². The van der Waals surface area contributed by atoms with E-state index in [4.69, 9.17) is 9.47 Å². The van der Waals surface area contributed by atoms with Crippen LogP contribution in [-0.2, 0) is 26.1 Å². The first-order valence-electron chi connectivity index (χ1n) is 8.96. The summed E-state index contributed by atoms with van der Waals surface area (Å²) in [5, 5.41) is -0.536. The van der Waals surface area contributed by atoms with E-state index in [1.165, 1.54) is 4.31 Å². The molecule has 0 saturated carbocycles. The van der Waals surface area contributed by atoms with Crippen LogP contribution in [0.4, 0.5) is 0 Å². The van der Waals surface area contributed by atoms with Gasteiger partial charge in [-0.2, -0.15) is 4.31 Å². The third-order valence-corrected chi connectivity index (χ3v) is 7.24. The van der Waals surface area contributed by atoms with Crippen LogP contribution in [0.1, 0.15) is 28.8 Å². The number of sulfonamides is 1. The second-order valence-corrected chi connectivity index (χ2v) is 8.91. The number of carbonyl (C=O) groups is 1. The van der Waals surface area contributed by atoms with E-state index >= 15 is 0 Å². The smallest absolute Gasteiger partial charge is 0.253 e. The highest BCUT2D eigenvalue weighted by Gasteiger charge is 2.37. The van der Waals surface area contributed by atoms with Crippen molar-refractivity contribution in [1.82, 2.24) is 9.21 Å². The van der Waals surface area contributed by atoms with Gasteiger partial charge in [-0.15, -0.1) is 0 Å². The molecule has 1 aromatic carbocycles. The van der Waals surface area contributed by atoms with E-state index in [1.54, 1.807) is 24.1 Å². The number of rotatable bonds is 5. The molecule has 144 valence electrons. The van der Waals surface area contributed by atoms with Crippen molar-refractivity contribution in [3.8, 4) is 0 Å². The third-order valence-electron chi connectivity index (χ3n) is 4.93. The van der Waals surface area contributed by atoms with Crippen molar-refractivity contribution in [2.75, 3.05) is 46.5 Å². The average Bonchev–Trinajstić information content (AvgIpc) is 2.69. The summed E-state index contributed by atoms with van der Waals surface area (Å²) in [5.74, 6) is -0.115. The second kappa shape index (κ2) is 8.47. The van der Waals surface area contributed by atoms with Crippen LogP contribution in [-0.4, -0.2) is 75.3 Å². The van der Waals surface area contributed by atoms with Gasteiger partial charge in [0.25, 0.3) is 5.91 Å². The molecular formula is C18H26N2O5S. The summed E-state index contributed by atoms with van der Waals surface area (Å²) < 4.78 is 37.6. The van der Waals surface area contributed by atoms with E-state index in [9.17, 15) is 13.2 Å². The van der Waals surface area contributed by atoms with Crippen molar-refractivity contribution < 1.29 is 22.7 Å². The zero-order valence-electron chi connectivity index (χ0n) is 15.1. The molecule has 2 saturated heterocycles. The molecule has 2 heterocycles. The van der Waals surface area contributed by atoms with Gasteiger partial charge in [0, 0.05) is 38.9 Å². The van der Waals surface area contributed by atoms with Crippen LogP contribution in [0.3, 0.4) is 0 Å². The van der Waals surface area contributed by atoms with Gasteiger partial charge in [-0.3, -0.25) is 4.79 Å². The number of morpholine rings is 1. The van der Waals surface area contributed by atoms with Crippen LogP contribution in [0.15, 0.2) is 24.3 Å². The van der Waals surface area contributed by atoms with E-state index in [0.29, 0.717) is 57.9 Å². The molecule has 0 N–H and O–H groups in total. The van der Waals surface area contributed by atoms with Crippen LogP contribution < -0.4 is 0 Å². The SMILES string of the molecule is COCc1ccc(C(=O)N2CCC[C@@H](S(=O)(=O)N3CCOCC3)C2)cc1. The Balaban J connectivity index is 1.68. The highest BCUT2D eigenvalue weighted by Crippen LogP contribution is 2.23. The largest absolute Gasteiger partial charge is 0.380 e. The first-order chi connectivity index (χ1) is 12.5. The highest BCUT2D eigenvalue weighted by molar-refractivity contribution is 7.89. The molecule has 0 aliphatic carbocycles. The maximum absolute atomic E-state index is 12.9. The van der Waals surface area contributed by atoms with Gasteiger partial charge in [0.05, 0.1) is 25.1 Å². The molecule has 1 atom stereocenters. The fourth-order valence-corrected chi connectivity index (χ4v) is 5.38. The molecule has 0 radical (unpaired) electrons. The molecule has 0 aromatic heterocycles. The Morgan fingerprint density at radius 1 is 1.19 bits per heavy atom. The molecule has 3 rings (SSSR count). The van der Waals surface area contributed by atoms with Gasteiger partial charge in [-0.25, -0.2) is 8.42 Å². The van der Waals surface area contributed by atoms with Crippen molar-refractivity contribution in [3.63, 3.8) is 0 Å². The van der Waals surface area contributed by atoms with Crippen LogP contribution in [0.25, 0.3) is 0 Å². The molecule has 26 heavy (non-hydrogen) atoms. The number of amides is 1. The van der Waals surface area contributed by atoms with Crippen LogP contribution in [0.2, 0.25) is 0 Å². The lowest BCUT2D eigenvalue weighted by molar-refractivity contribution is 0.0686. The highest BCUT2D eigenvalue weighted by atomic mass is 32.2. The topological polar surface area (TPSA) is 76.2 Å². The van der Waals surface area contributed by atoms with Crippen molar-refractivity contribution in [1.29, 1.82) is 0 Å². The Morgan fingerprint density at radius 2 is 1.88 bits per heavy atom. The lowest BCUT2D eigenvalue weighted by atomic mass is 10.1. The standard InChI is InChI=1S/C18H26N2O5S/c1-24-14-15-4-6-16(7-5-15)18(21)19-8-2-3-17(13-19)26(22,23)20-9-11-25-12-10-20/h4-7,17H,2-3,8-14H2,1H3/t17-/m1/s1. The molecule has 0 spiro atoms. The average molecular weight is 382 g/mol. The first kappa shape index (κ1) is 19.3. The Bertz CT molecular complexity index is 714. The van der Waals surface area contributed by atoms with E-state index in [1.807, 2.05) is 12.1 Å². The predicted molar refractivity (Wildman–Crippen MR) is 97.4 cm³/mol. The number of likely N-dealkylation sites (tertiary alicyclic amines) is 1.